The SMILES string of the molecule is Nc1cnc2cc(Br)ccc2c1C(=O)O. The lowest BCUT2D eigenvalue weighted by atomic mass is 10.1. The average molecular weight is 267 g/mol. The molecule has 1 aromatic heterocycles. The molecule has 0 spiro atoms. The van der Waals surface area contributed by atoms with E-state index >= 15 is 0 Å². The molecule has 0 aliphatic carbocycles. The van der Waals surface area contributed by atoms with Gasteiger partial charge in [0, 0.05) is 9.86 Å². The highest BCUT2D eigenvalue weighted by atomic mass is 79.9. The number of aromatic carboxylic acids is 1. The van der Waals surface area contributed by atoms with E-state index in [4.69, 9.17) is 10.8 Å². The molecule has 0 amide bonds. The summed E-state index contributed by atoms with van der Waals surface area (Å²) >= 11 is 3.29. The van der Waals surface area contributed by atoms with E-state index in [-0.39, 0.29) is 11.3 Å². The lowest BCUT2D eigenvalue weighted by Gasteiger charge is -2.05. The molecule has 0 aliphatic heterocycles. The van der Waals surface area contributed by atoms with Gasteiger partial charge in [-0.05, 0) is 12.1 Å². The summed E-state index contributed by atoms with van der Waals surface area (Å²) < 4.78 is 0.851. The number of carboxylic acids is 1. The van der Waals surface area contributed by atoms with Gasteiger partial charge >= 0.3 is 5.97 Å². The third kappa shape index (κ3) is 1.66. The number of pyridine rings is 1. The maximum absolute atomic E-state index is 11.0. The van der Waals surface area contributed by atoms with Crippen molar-refractivity contribution in [2.75, 3.05) is 5.73 Å². The largest absolute Gasteiger partial charge is 0.478 e. The summed E-state index contributed by atoms with van der Waals surface area (Å²) in [5.41, 5.74) is 6.46. The van der Waals surface area contributed by atoms with Crippen molar-refractivity contribution < 1.29 is 9.90 Å². The van der Waals surface area contributed by atoms with Crippen molar-refractivity contribution in [3.8, 4) is 0 Å². The number of nitrogen functional groups attached to an aromatic ring is 1. The Morgan fingerprint density at radius 1 is 1.47 bits per heavy atom. The van der Waals surface area contributed by atoms with Crippen LogP contribution in [0.1, 0.15) is 10.4 Å². The molecule has 0 saturated carbocycles. The van der Waals surface area contributed by atoms with E-state index < -0.39 is 5.97 Å². The first kappa shape index (κ1) is 9.92. The van der Waals surface area contributed by atoms with Gasteiger partial charge in [0.05, 0.1) is 23.0 Å². The Balaban J connectivity index is 2.88. The van der Waals surface area contributed by atoms with Crippen LogP contribution >= 0.6 is 15.9 Å². The second kappa shape index (κ2) is 3.51. The van der Waals surface area contributed by atoms with E-state index in [1.54, 1.807) is 18.2 Å². The van der Waals surface area contributed by atoms with Gasteiger partial charge in [0.15, 0.2) is 0 Å². The van der Waals surface area contributed by atoms with E-state index in [1.807, 2.05) is 0 Å². The highest BCUT2D eigenvalue weighted by Gasteiger charge is 2.13. The number of carboxylic acid groups (broad SMARTS) is 1. The third-order valence-corrected chi connectivity index (χ3v) is 2.57. The van der Waals surface area contributed by atoms with E-state index in [9.17, 15) is 4.79 Å². The van der Waals surface area contributed by atoms with E-state index in [0.29, 0.717) is 10.9 Å². The Morgan fingerprint density at radius 3 is 2.87 bits per heavy atom. The Kier molecular flexibility index (Phi) is 2.32. The van der Waals surface area contributed by atoms with Gasteiger partial charge in [-0.15, -0.1) is 0 Å². The number of anilines is 1. The molecule has 1 heterocycles. The van der Waals surface area contributed by atoms with Crippen LogP contribution in [0.5, 0.6) is 0 Å². The van der Waals surface area contributed by atoms with Crippen LogP contribution in [0.4, 0.5) is 5.69 Å². The third-order valence-electron chi connectivity index (χ3n) is 2.07. The second-order valence-electron chi connectivity index (χ2n) is 3.06. The molecule has 2 rings (SSSR count). The van der Waals surface area contributed by atoms with E-state index in [1.165, 1.54) is 6.20 Å². The number of nitrogens with zero attached hydrogens (tertiary/aromatic N) is 1. The maximum atomic E-state index is 11.0. The van der Waals surface area contributed by atoms with Crippen molar-refractivity contribution in [1.29, 1.82) is 0 Å². The monoisotopic (exact) mass is 266 g/mol. The summed E-state index contributed by atoms with van der Waals surface area (Å²) in [5.74, 6) is -1.04. The molecular weight excluding hydrogens is 260 g/mol. The lowest BCUT2D eigenvalue weighted by molar-refractivity contribution is 0.0700. The minimum Gasteiger partial charge on any atom is -0.478 e. The smallest absolute Gasteiger partial charge is 0.338 e. The maximum Gasteiger partial charge on any atom is 0.338 e. The van der Waals surface area contributed by atoms with Gasteiger partial charge in [-0.3, -0.25) is 4.98 Å². The summed E-state index contributed by atoms with van der Waals surface area (Å²) in [6.45, 7) is 0. The highest BCUT2D eigenvalue weighted by Crippen LogP contribution is 2.24. The van der Waals surface area contributed by atoms with Crippen LogP contribution in [-0.2, 0) is 0 Å². The summed E-state index contributed by atoms with van der Waals surface area (Å²) in [5, 5.41) is 9.56. The Labute approximate surface area is 93.9 Å². The summed E-state index contributed by atoms with van der Waals surface area (Å²) in [6, 6.07) is 5.20. The molecule has 0 atom stereocenters. The number of fused-ring (bicyclic) bond motifs is 1. The molecule has 2 aromatic rings. The number of carbonyl (C=O) groups is 1. The molecule has 0 bridgehead atoms. The van der Waals surface area contributed by atoms with Gasteiger partial charge in [0.1, 0.15) is 0 Å². The van der Waals surface area contributed by atoms with Crippen molar-refractivity contribution in [3.05, 3.63) is 34.4 Å². The molecule has 3 N–H and O–H groups in total. The van der Waals surface area contributed by atoms with Crippen molar-refractivity contribution in [2.24, 2.45) is 0 Å². The quantitative estimate of drug-likeness (QED) is 0.831. The van der Waals surface area contributed by atoms with Crippen LogP contribution in [0, 0.1) is 0 Å². The van der Waals surface area contributed by atoms with Crippen molar-refractivity contribution in [3.63, 3.8) is 0 Å². The number of hydrogen-bond donors (Lipinski definition) is 2. The molecule has 0 unspecified atom stereocenters. The Morgan fingerprint density at radius 2 is 2.20 bits per heavy atom. The van der Waals surface area contributed by atoms with Gasteiger partial charge in [-0.2, -0.15) is 0 Å². The van der Waals surface area contributed by atoms with Gasteiger partial charge in [0.25, 0.3) is 0 Å². The highest BCUT2D eigenvalue weighted by molar-refractivity contribution is 9.10. The van der Waals surface area contributed by atoms with Crippen LogP contribution in [0.2, 0.25) is 0 Å². The summed E-state index contributed by atoms with van der Waals surface area (Å²) in [7, 11) is 0. The first-order valence-corrected chi connectivity index (χ1v) is 4.96. The molecule has 4 nitrogen and oxygen atoms in total. The number of nitrogens with two attached hydrogens (primary N) is 1. The first-order chi connectivity index (χ1) is 7.09. The zero-order valence-corrected chi connectivity index (χ0v) is 9.15. The molecule has 0 radical (unpaired) electrons. The molecule has 76 valence electrons. The van der Waals surface area contributed by atoms with Crippen LogP contribution in [-0.4, -0.2) is 16.1 Å². The fourth-order valence-electron chi connectivity index (χ4n) is 1.42. The summed E-state index contributed by atoms with van der Waals surface area (Å²) in [6.07, 6.45) is 1.36. The number of rotatable bonds is 1. The average Bonchev–Trinajstić information content (AvgIpc) is 2.17. The van der Waals surface area contributed by atoms with Crippen LogP contribution < -0.4 is 5.73 Å². The Bertz CT molecular complexity index is 554. The summed E-state index contributed by atoms with van der Waals surface area (Å²) in [4.78, 5) is 15.1. The molecular formula is C10H7BrN2O2. The standard InChI is InChI=1S/C10H7BrN2O2/c11-5-1-2-6-8(3-5)13-4-7(12)9(6)10(14)15/h1-4H,12H2,(H,14,15). The van der Waals surface area contributed by atoms with Crippen molar-refractivity contribution >= 4 is 38.5 Å². The van der Waals surface area contributed by atoms with Crippen molar-refractivity contribution in [1.82, 2.24) is 4.98 Å². The Hall–Kier alpha value is -1.62. The number of aromatic nitrogens is 1. The molecule has 15 heavy (non-hydrogen) atoms. The van der Waals surface area contributed by atoms with E-state index in [2.05, 4.69) is 20.9 Å². The molecule has 1 aromatic carbocycles. The number of hydrogen-bond acceptors (Lipinski definition) is 3. The lowest BCUT2D eigenvalue weighted by Crippen LogP contribution is -2.04. The minimum atomic E-state index is -1.04. The zero-order chi connectivity index (χ0) is 11.0. The molecule has 0 aliphatic rings. The molecule has 0 fully saturated rings. The minimum absolute atomic E-state index is 0.104. The number of halogens is 1. The van der Waals surface area contributed by atoms with Gasteiger partial charge in [-0.25, -0.2) is 4.79 Å². The predicted octanol–water partition coefficient (Wildman–Crippen LogP) is 2.28. The van der Waals surface area contributed by atoms with E-state index in [0.717, 1.165) is 4.47 Å². The van der Waals surface area contributed by atoms with Crippen molar-refractivity contribution in [2.45, 2.75) is 0 Å². The predicted molar refractivity (Wildman–Crippen MR) is 60.8 cm³/mol. The number of benzene rings is 1. The first-order valence-electron chi connectivity index (χ1n) is 4.16. The van der Waals surface area contributed by atoms with Gasteiger partial charge in [0.2, 0.25) is 0 Å². The molecule has 5 heteroatoms. The van der Waals surface area contributed by atoms with Gasteiger partial charge < -0.3 is 10.8 Å². The normalized spacial score (nSPS) is 10.5. The second-order valence-corrected chi connectivity index (χ2v) is 3.97. The fraction of sp³-hybridized carbons (Fsp3) is 0. The van der Waals surface area contributed by atoms with Crippen LogP contribution in [0.15, 0.2) is 28.9 Å². The zero-order valence-electron chi connectivity index (χ0n) is 7.57. The van der Waals surface area contributed by atoms with Gasteiger partial charge in [-0.1, -0.05) is 22.0 Å². The van der Waals surface area contributed by atoms with Crippen LogP contribution in [0.3, 0.4) is 0 Å². The molecule has 0 saturated heterocycles. The topological polar surface area (TPSA) is 76.2 Å². The van der Waals surface area contributed by atoms with Crippen LogP contribution in [0.25, 0.3) is 10.9 Å². The fourth-order valence-corrected chi connectivity index (χ4v) is 1.77.